The van der Waals surface area contributed by atoms with Gasteiger partial charge in [0.2, 0.25) is 0 Å². The Morgan fingerprint density at radius 3 is 2.62 bits per heavy atom. The molecule has 1 amide bonds. The Morgan fingerprint density at radius 2 is 1.86 bits per heavy atom. The second-order valence-electron chi connectivity index (χ2n) is 6.91. The topological polar surface area (TPSA) is 45.3 Å². The molecule has 1 heterocycles. The number of rotatable bonds is 9. The number of amides is 1. The number of carbonyl (C=O) groups excluding carboxylic acids is 1. The summed E-state index contributed by atoms with van der Waals surface area (Å²) >= 11 is 0. The van der Waals surface area contributed by atoms with Gasteiger partial charge < -0.3 is 9.72 Å². The second-order valence-corrected chi connectivity index (χ2v) is 6.91. The molecule has 29 heavy (non-hydrogen) atoms. The summed E-state index contributed by atoms with van der Waals surface area (Å²) in [5.41, 5.74) is 1.80. The van der Waals surface area contributed by atoms with Crippen molar-refractivity contribution in [3.63, 3.8) is 0 Å². The first-order valence-electron chi connectivity index (χ1n) is 9.52. The molecule has 1 atom stereocenters. The molecule has 3 rings (SSSR count). The summed E-state index contributed by atoms with van der Waals surface area (Å²) in [6.45, 7) is 0.675. The van der Waals surface area contributed by atoms with Crippen molar-refractivity contribution >= 4 is 16.8 Å². The number of hydrogen-bond donors (Lipinski definition) is 1. The number of aromatic amines is 1. The van der Waals surface area contributed by atoms with Gasteiger partial charge in [0.25, 0.3) is 0 Å². The fourth-order valence-electron chi connectivity index (χ4n) is 3.09. The van der Waals surface area contributed by atoms with Crippen LogP contribution >= 0.6 is 0 Å². The molecule has 0 bridgehead atoms. The molecule has 154 valence electrons. The zero-order valence-electron chi connectivity index (χ0n) is 16.1. The first-order chi connectivity index (χ1) is 13.9. The lowest BCUT2D eigenvalue weighted by Gasteiger charge is -2.25. The number of nitrogens with zero attached hydrogens (tertiary/aromatic N) is 1. The molecule has 0 spiro atoms. The summed E-state index contributed by atoms with van der Waals surface area (Å²) in [5, 5.41) is 0.211. The van der Waals surface area contributed by atoms with E-state index in [9.17, 15) is 18.1 Å². The number of alkyl halides is 2. The Kier molecular flexibility index (Phi) is 6.46. The van der Waals surface area contributed by atoms with E-state index in [-0.39, 0.29) is 18.7 Å². The van der Waals surface area contributed by atoms with Crippen LogP contribution in [-0.4, -0.2) is 34.6 Å². The summed E-state index contributed by atoms with van der Waals surface area (Å²) < 4.78 is 48.4. The summed E-state index contributed by atoms with van der Waals surface area (Å²) in [6.07, 6.45) is 1.40. The van der Waals surface area contributed by atoms with Crippen molar-refractivity contribution in [3.05, 3.63) is 66.4 Å². The van der Waals surface area contributed by atoms with Gasteiger partial charge in [0, 0.05) is 17.1 Å². The molecule has 0 aliphatic carbocycles. The monoisotopic (exact) mass is 404 g/mol. The molecule has 1 unspecified atom stereocenters. The third kappa shape index (κ3) is 4.91. The minimum absolute atomic E-state index is 0.206. The lowest BCUT2D eigenvalue weighted by molar-refractivity contribution is -0.185. The van der Waals surface area contributed by atoms with Crippen LogP contribution in [0.5, 0.6) is 5.75 Å². The fourth-order valence-corrected chi connectivity index (χ4v) is 3.09. The smallest absolute Gasteiger partial charge is 0.362 e. The third-order valence-electron chi connectivity index (χ3n) is 4.79. The molecule has 0 saturated carbocycles. The predicted molar refractivity (Wildman–Crippen MR) is 106 cm³/mol. The quantitative estimate of drug-likeness (QED) is 0.388. The summed E-state index contributed by atoms with van der Waals surface area (Å²) in [7, 11) is 0. The van der Waals surface area contributed by atoms with Gasteiger partial charge in [-0.05, 0) is 49.9 Å². The maximum absolute atomic E-state index is 14.5. The van der Waals surface area contributed by atoms with Crippen molar-refractivity contribution < 1.29 is 22.8 Å². The average molecular weight is 404 g/mol. The summed E-state index contributed by atoms with van der Waals surface area (Å²) in [5.74, 6) is -5.67. The van der Waals surface area contributed by atoms with Gasteiger partial charge in [-0.25, -0.2) is 0 Å². The van der Waals surface area contributed by atoms with Crippen LogP contribution in [-0.2, 0) is 11.2 Å². The highest BCUT2D eigenvalue weighted by Crippen LogP contribution is 2.30. The van der Waals surface area contributed by atoms with Gasteiger partial charge in [0.1, 0.15) is 5.75 Å². The number of benzene rings is 2. The van der Waals surface area contributed by atoms with Gasteiger partial charge in [0.05, 0.1) is 6.54 Å². The fraction of sp³-hybridized carbons (Fsp3) is 0.318. The van der Waals surface area contributed by atoms with Crippen molar-refractivity contribution in [1.29, 1.82) is 0 Å². The lowest BCUT2D eigenvalue weighted by atomic mass is 10.1. The molecule has 7 heteroatoms. The standard InChI is InChI=1S/C22H23F3N2O2/c1-16(29-20-12-7-11-19-18(20)13-14-26-19)22(23,24)21(28)27(25)15-6-5-10-17-8-3-2-4-9-17/h2-4,7-9,11-14,16,26H,5-6,10,15H2,1H3. The molecule has 3 aromatic rings. The van der Waals surface area contributed by atoms with Crippen LogP contribution in [0.2, 0.25) is 0 Å². The maximum Gasteiger partial charge on any atom is 0.362 e. The minimum Gasteiger partial charge on any atom is -0.483 e. The van der Waals surface area contributed by atoms with Crippen LogP contribution in [0, 0.1) is 0 Å². The number of ether oxygens (including phenoxy) is 1. The number of fused-ring (bicyclic) bond motifs is 1. The van der Waals surface area contributed by atoms with E-state index in [4.69, 9.17) is 4.74 Å². The normalized spacial score (nSPS) is 12.7. The van der Waals surface area contributed by atoms with Crippen molar-refractivity contribution in [2.75, 3.05) is 6.54 Å². The van der Waals surface area contributed by atoms with Gasteiger partial charge in [-0.2, -0.15) is 13.9 Å². The highest BCUT2D eigenvalue weighted by molar-refractivity contribution is 5.86. The van der Waals surface area contributed by atoms with Crippen molar-refractivity contribution in [2.24, 2.45) is 0 Å². The van der Waals surface area contributed by atoms with E-state index in [1.807, 2.05) is 30.3 Å². The number of hydrogen-bond acceptors (Lipinski definition) is 2. The van der Waals surface area contributed by atoms with E-state index >= 15 is 0 Å². The lowest BCUT2D eigenvalue weighted by Crippen LogP contribution is -2.49. The van der Waals surface area contributed by atoms with E-state index in [1.165, 1.54) is 6.07 Å². The number of aryl methyl sites for hydroxylation is 1. The van der Waals surface area contributed by atoms with Gasteiger partial charge in [-0.3, -0.25) is 4.79 Å². The van der Waals surface area contributed by atoms with Gasteiger partial charge in [0.15, 0.2) is 6.10 Å². The summed E-state index contributed by atoms with van der Waals surface area (Å²) in [6, 6.07) is 16.2. The molecule has 1 aromatic heterocycles. The molecule has 0 aliphatic heterocycles. The van der Waals surface area contributed by atoms with Crippen LogP contribution in [0.15, 0.2) is 60.8 Å². The molecule has 0 saturated heterocycles. The van der Waals surface area contributed by atoms with Crippen LogP contribution in [0.25, 0.3) is 10.9 Å². The molecular formula is C22H23F3N2O2. The van der Waals surface area contributed by atoms with E-state index in [1.54, 1.807) is 24.4 Å². The number of H-pyrrole nitrogens is 1. The Bertz CT molecular complexity index is 943. The highest BCUT2D eigenvalue weighted by atomic mass is 19.3. The Morgan fingerprint density at radius 1 is 1.10 bits per heavy atom. The van der Waals surface area contributed by atoms with Gasteiger partial charge in [-0.1, -0.05) is 40.9 Å². The highest BCUT2D eigenvalue weighted by Gasteiger charge is 2.49. The first-order valence-corrected chi connectivity index (χ1v) is 9.52. The summed E-state index contributed by atoms with van der Waals surface area (Å²) in [4.78, 5) is 14.9. The molecule has 1 N–H and O–H groups in total. The van der Waals surface area contributed by atoms with E-state index in [0.29, 0.717) is 18.2 Å². The molecule has 0 aliphatic rings. The third-order valence-corrected chi connectivity index (χ3v) is 4.79. The van der Waals surface area contributed by atoms with E-state index in [2.05, 4.69) is 4.98 Å². The number of halogens is 3. The van der Waals surface area contributed by atoms with E-state index < -0.39 is 23.1 Å². The SMILES string of the molecule is CC(Oc1cccc2[nH]ccc12)C(F)(F)C(=O)N(F)CCCCc1ccccc1. The van der Waals surface area contributed by atoms with Crippen LogP contribution in [0.3, 0.4) is 0 Å². The second kappa shape index (κ2) is 9.03. The number of carbonyl (C=O) groups is 1. The molecule has 4 nitrogen and oxygen atoms in total. The van der Waals surface area contributed by atoms with Crippen LogP contribution in [0.4, 0.5) is 13.3 Å². The molecule has 0 fully saturated rings. The Labute approximate surface area is 167 Å². The van der Waals surface area contributed by atoms with Crippen molar-refractivity contribution in [1.82, 2.24) is 10.1 Å². The number of unbranched alkanes of at least 4 members (excludes halogenated alkanes) is 1. The maximum atomic E-state index is 14.5. The van der Waals surface area contributed by atoms with Crippen LogP contribution in [0.1, 0.15) is 25.3 Å². The molecule has 2 aromatic carbocycles. The largest absolute Gasteiger partial charge is 0.483 e. The zero-order valence-corrected chi connectivity index (χ0v) is 16.1. The minimum atomic E-state index is -3.99. The van der Waals surface area contributed by atoms with E-state index in [0.717, 1.165) is 18.0 Å². The molecular weight excluding hydrogens is 381 g/mol. The van der Waals surface area contributed by atoms with Gasteiger partial charge in [-0.15, -0.1) is 0 Å². The predicted octanol–water partition coefficient (Wildman–Crippen LogP) is 5.31. The average Bonchev–Trinajstić information content (AvgIpc) is 3.21. The Balaban J connectivity index is 1.54. The van der Waals surface area contributed by atoms with Crippen LogP contribution < -0.4 is 4.74 Å². The van der Waals surface area contributed by atoms with Crippen molar-refractivity contribution in [2.45, 2.75) is 38.2 Å². The zero-order chi connectivity index (χ0) is 20.9. The number of nitrogens with one attached hydrogen (secondary N) is 1. The number of aromatic nitrogens is 1. The van der Waals surface area contributed by atoms with Crippen molar-refractivity contribution in [3.8, 4) is 5.75 Å². The Hall–Kier alpha value is -2.96. The first kappa shape index (κ1) is 20.8. The van der Waals surface area contributed by atoms with Gasteiger partial charge >= 0.3 is 11.8 Å². The molecule has 0 radical (unpaired) electrons.